The second kappa shape index (κ2) is 4.03. The summed E-state index contributed by atoms with van der Waals surface area (Å²) in [6.45, 7) is 6.12. The highest BCUT2D eigenvalue weighted by Gasteiger charge is 2.33. The molecule has 13 heavy (non-hydrogen) atoms. The molecule has 0 rings (SSSR count). The highest BCUT2D eigenvalue weighted by molar-refractivity contribution is 8.06. The van der Waals surface area contributed by atoms with Crippen molar-refractivity contribution in [1.29, 1.82) is 0 Å². The third-order valence-corrected chi connectivity index (χ3v) is 5.13. The Hall–Kier alpha value is -0.660. The third kappa shape index (κ3) is 3.29. The van der Waals surface area contributed by atoms with E-state index in [0.717, 1.165) is 6.08 Å². The second-order valence-electron chi connectivity index (χ2n) is 2.22. The van der Waals surface area contributed by atoms with Crippen molar-refractivity contribution in [3.8, 4) is 0 Å². The first-order valence-corrected chi connectivity index (χ1v) is 6.34. The monoisotopic (exact) mass is 225 g/mol. The Bertz CT molecular complexity index is 389. The fourth-order valence-corrected chi connectivity index (χ4v) is 3.42. The summed E-state index contributed by atoms with van der Waals surface area (Å²) in [4.78, 5) is 0. The summed E-state index contributed by atoms with van der Waals surface area (Å²) in [5.41, 5.74) is 0. The Balaban J connectivity index is 5.25. The van der Waals surface area contributed by atoms with Crippen molar-refractivity contribution in [2.45, 2.75) is 4.58 Å². The van der Waals surface area contributed by atoms with Crippen LogP contribution in [0.1, 0.15) is 0 Å². The normalized spacial score (nSPS) is 14.8. The van der Waals surface area contributed by atoms with Crippen LogP contribution in [0.3, 0.4) is 0 Å². The largest absolute Gasteiger partial charge is 0.315 e. The van der Waals surface area contributed by atoms with E-state index in [-0.39, 0.29) is 0 Å². The molecule has 0 spiro atoms. The van der Waals surface area contributed by atoms with Crippen LogP contribution in [0.15, 0.2) is 25.3 Å². The lowest BCUT2D eigenvalue weighted by Crippen LogP contribution is -2.28. The van der Waals surface area contributed by atoms with Crippen LogP contribution in [0.4, 0.5) is 0 Å². The van der Waals surface area contributed by atoms with Gasteiger partial charge < -0.3 is 0 Å². The lowest BCUT2D eigenvalue weighted by molar-refractivity contribution is 0.414. The zero-order chi connectivity index (χ0) is 10.7. The van der Waals surface area contributed by atoms with Gasteiger partial charge in [-0.25, -0.2) is 8.42 Å². The molecule has 0 bridgehead atoms. The first kappa shape index (κ1) is 12.3. The fourth-order valence-electron chi connectivity index (χ4n) is 0.703. The Kier molecular flexibility index (Phi) is 3.83. The Labute approximate surface area is 77.4 Å². The van der Waals surface area contributed by atoms with Crippen molar-refractivity contribution < 1.29 is 21.4 Å². The molecule has 7 heteroatoms. The molecule has 0 aliphatic carbocycles. The molecular formula is C6H9O5S2. The predicted molar refractivity (Wildman–Crippen MR) is 47.6 cm³/mol. The average Bonchev–Trinajstić information content (AvgIpc) is 1.83. The number of rotatable bonds is 5. The first-order valence-electron chi connectivity index (χ1n) is 3.15. The predicted octanol–water partition coefficient (Wildman–Crippen LogP) is -0.140. The minimum Gasteiger partial charge on any atom is -0.227 e. The highest BCUT2D eigenvalue weighted by atomic mass is 32.3. The van der Waals surface area contributed by atoms with Gasteiger partial charge in [-0.15, -0.1) is 13.2 Å². The van der Waals surface area contributed by atoms with Crippen molar-refractivity contribution in [3.63, 3.8) is 0 Å². The Morgan fingerprint density at radius 1 is 1.15 bits per heavy atom. The van der Waals surface area contributed by atoms with Crippen LogP contribution in [0.5, 0.6) is 0 Å². The minimum absolute atomic E-state index is 0.564. The maximum atomic E-state index is 11.1. The number of hydrogen-bond donors (Lipinski definition) is 0. The third-order valence-electron chi connectivity index (χ3n) is 1.18. The van der Waals surface area contributed by atoms with Gasteiger partial charge in [0, 0.05) is 0 Å². The van der Waals surface area contributed by atoms with Crippen molar-refractivity contribution in [2.24, 2.45) is 0 Å². The van der Waals surface area contributed by atoms with E-state index in [9.17, 15) is 21.4 Å². The number of hydrogen-bond acceptors (Lipinski definition) is 4. The molecule has 75 valence electrons. The summed E-state index contributed by atoms with van der Waals surface area (Å²) in [6, 6.07) is 0. The van der Waals surface area contributed by atoms with Crippen molar-refractivity contribution in [1.82, 2.24) is 0 Å². The SMILES string of the molecule is C=CCS(=O)(=O)C(C=C)S([O])(=O)=O. The van der Waals surface area contributed by atoms with Crippen LogP contribution in [-0.4, -0.2) is 27.2 Å². The lowest BCUT2D eigenvalue weighted by Gasteiger charge is -2.06. The molecule has 0 N–H and O–H groups in total. The molecule has 0 aromatic carbocycles. The topological polar surface area (TPSA) is 88.2 Å². The summed E-state index contributed by atoms with van der Waals surface area (Å²) in [7, 11) is -8.92. The summed E-state index contributed by atoms with van der Waals surface area (Å²) in [5, 5.41) is 0. The Morgan fingerprint density at radius 2 is 1.62 bits per heavy atom. The van der Waals surface area contributed by atoms with E-state index < -0.39 is 30.3 Å². The van der Waals surface area contributed by atoms with Gasteiger partial charge in [-0.3, -0.25) is 0 Å². The zero-order valence-corrected chi connectivity index (χ0v) is 8.34. The molecule has 5 nitrogen and oxygen atoms in total. The zero-order valence-electron chi connectivity index (χ0n) is 6.71. The molecule has 0 aromatic rings. The van der Waals surface area contributed by atoms with E-state index in [0.29, 0.717) is 6.08 Å². The summed E-state index contributed by atoms with van der Waals surface area (Å²) >= 11 is 0. The molecule has 0 saturated heterocycles. The maximum absolute atomic E-state index is 11.1. The summed E-state index contributed by atoms with van der Waals surface area (Å²) in [5.74, 6) is -0.564. The molecule has 0 aromatic heterocycles. The highest BCUT2D eigenvalue weighted by Crippen LogP contribution is 2.11. The van der Waals surface area contributed by atoms with E-state index in [1.807, 2.05) is 0 Å². The van der Waals surface area contributed by atoms with Gasteiger partial charge >= 0.3 is 10.1 Å². The van der Waals surface area contributed by atoms with E-state index in [1.54, 1.807) is 0 Å². The molecule has 1 radical (unpaired) electrons. The van der Waals surface area contributed by atoms with Gasteiger partial charge in [-0.2, -0.15) is 8.42 Å². The first-order chi connectivity index (χ1) is 5.75. The minimum atomic E-state index is -4.90. The van der Waals surface area contributed by atoms with E-state index in [1.165, 1.54) is 0 Å². The van der Waals surface area contributed by atoms with Gasteiger partial charge in [0.25, 0.3) is 0 Å². The van der Waals surface area contributed by atoms with Crippen LogP contribution < -0.4 is 0 Å². The van der Waals surface area contributed by atoms with Crippen LogP contribution in [0.25, 0.3) is 0 Å². The standard InChI is InChI=1S/C6H9O5S2/c1-3-5-12(7,8)6(4-2)13(9,10)11/h3-4,6H,1-2,5H2. The summed E-state index contributed by atoms with van der Waals surface area (Å²) in [6.07, 6.45) is 1.61. The quantitative estimate of drug-likeness (QED) is 0.609. The van der Waals surface area contributed by atoms with Gasteiger partial charge in [0.1, 0.15) is 0 Å². The van der Waals surface area contributed by atoms with E-state index >= 15 is 0 Å². The maximum Gasteiger partial charge on any atom is 0.315 e. The van der Waals surface area contributed by atoms with Crippen LogP contribution in [0, 0.1) is 0 Å². The molecular weight excluding hydrogens is 216 g/mol. The summed E-state index contributed by atoms with van der Waals surface area (Å²) < 4.78 is 51.4. The molecule has 0 saturated carbocycles. The van der Waals surface area contributed by atoms with Gasteiger partial charge in [0.15, 0.2) is 9.84 Å². The number of sulfone groups is 1. The van der Waals surface area contributed by atoms with Gasteiger partial charge in [0.05, 0.1) is 5.75 Å². The molecule has 1 atom stereocenters. The van der Waals surface area contributed by atoms with Crippen molar-refractivity contribution in [3.05, 3.63) is 25.3 Å². The van der Waals surface area contributed by atoms with E-state index in [4.69, 9.17) is 0 Å². The van der Waals surface area contributed by atoms with Crippen molar-refractivity contribution in [2.75, 3.05) is 5.75 Å². The van der Waals surface area contributed by atoms with E-state index in [2.05, 4.69) is 13.2 Å². The van der Waals surface area contributed by atoms with Gasteiger partial charge in [0.2, 0.25) is 4.58 Å². The molecule has 0 heterocycles. The van der Waals surface area contributed by atoms with Gasteiger partial charge in [-0.1, -0.05) is 16.7 Å². The molecule has 0 fully saturated rings. The van der Waals surface area contributed by atoms with Crippen LogP contribution in [0.2, 0.25) is 0 Å². The van der Waals surface area contributed by atoms with Crippen LogP contribution >= 0.6 is 0 Å². The lowest BCUT2D eigenvalue weighted by atomic mass is 10.7. The smallest absolute Gasteiger partial charge is 0.227 e. The van der Waals surface area contributed by atoms with Crippen LogP contribution in [-0.2, 0) is 24.5 Å². The molecule has 1 unspecified atom stereocenters. The molecule has 0 aliphatic rings. The Morgan fingerprint density at radius 3 is 1.85 bits per heavy atom. The average molecular weight is 225 g/mol. The van der Waals surface area contributed by atoms with Gasteiger partial charge in [-0.05, 0) is 0 Å². The molecule has 0 amide bonds. The molecule has 0 aliphatic heterocycles. The second-order valence-corrected chi connectivity index (χ2v) is 6.17. The fraction of sp³-hybridized carbons (Fsp3) is 0.333. The van der Waals surface area contributed by atoms with Crippen molar-refractivity contribution >= 4 is 20.0 Å².